The quantitative estimate of drug-likeness (QED) is 0.756. The van der Waals surface area contributed by atoms with E-state index in [1.54, 1.807) is 0 Å². The Balaban J connectivity index is 1.86. The van der Waals surface area contributed by atoms with Crippen molar-refractivity contribution in [3.63, 3.8) is 0 Å². The van der Waals surface area contributed by atoms with E-state index < -0.39 is 0 Å². The van der Waals surface area contributed by atoms with Gasteiger partial charge in [0.1, 0.15) is 17.6 Å². The molecular formula is C18H17N5O. The molecule has 1 aliphatic heterocycles. The molecule has 1 fully saturated rings. The number of rotatable bonds is 2. The van der Waals surface area contributed by atoms with E-state index in [2.05, 4.69) is 21.0 Å². The highest BCUT2D eigenvalue weighted by Crippen LogP contribution is 2.32. The number of nitrogens with one attached hydrogen (secondary N) is 1. The second-order valence-corrected chi connectivity index (χ2v) is 6.14. The third-order valence-corrected chi connectivity index (χ3v) is 4.44. The molecule has 1 atom stereocenters. The zero-order valence-electron chi connectivity index (χ0n) is 13.3. The zero-order chi connectivity index (χ0) is 16.7. The number of fused-ring (bicyclic) bond motifs is 1. The second-order valence-electron chi connectivity index (χ2n) is 6.14. The van der Waals surface area contributed by atoms with Crippen LogP contribution in [0, 0.1) is 18.3 Å². The van der Waals surface area contributed by atoms with E-state index in [0.29, 0.717) is 30.3 Å². The van der Waals surface area contributed by atoms with E-state index in [9.17, 15) is 5.26 Å². The van der Waals surface area contributed by atoms with Gasteiger partial charge < -0.3 is 15.5 Å². The zero-order valence-corrected chi connectivity index (χ0v) is 13.3. The van der Waals surface area contributed by atoms with Gasteiger partial charge in [0.2, 0.25) is 0 Å². The number of benzene rings is 1. The number of aromatic amines is 1. The standard InChI is InChI=1S/C18H17N5O/c1-10-2-3-14-15(6-10)23-18(22-14)16-7-12(11-4-5-24-9-11)13(8-19)17(20)21-16/h2-3,6-7,11H,4-5,9H2,1H3,(H2,20,21)(H,22,23)/t11-/m1/s1. The lowest BCUT2D eigenvalue weighted by Crippen LogP contribution is -2.07. The van der Waals surface area contributed by atoms with E-state index in [4.69, 9.17) is 10.5 Å². The molecule has 1 saturated heterocycles. The van der Waals surface area contributed by atoms with Crippen molar-refractivity contribution in [3.8, 4) is 17.6 Å². The SMILES string of the molecule is Cc1ccc2nc(-c3cc([C@@H]4CCOC4)c(C#N)c(N)n3)[nH]c2c1. The summed E-state index contributed by atoms with van der Waals surface area (Å²) in [5, 5.41) is 9.43. The monoisotopic (exact) mass is 319 g/mol. The van der Waals surface area contributed by atoms with Gasteiger partial charge in [0, 0.05) is 12.5 Å². The maximum atomic E-state index is 9.43. The number of pyridine rings is 1. The van der Waals surface area contributed by atoms with Crippen LogP contribution >= 0.6 is 0 Å². The molecule has 0 spiro atoms. The molecule has 3 heterocycles. The lowest BCUT2D eigenvalue weighted by molar-refractivity contribution is 0.194. The molecule has 0 radical (unpaired) electrons. The fourth-order valence-corrected chi connectivity index (χ4v) is 3.17. The molecular weight excluding hydrogens is 302 g/mol. The second kappa shape index (κ2) is 5.62. The Morgan fingerprint density at radius 2 is 2.21 bits per heavy atom. The van der Waals surface area contributed by atoms with Crippen LogP contribution in [0.1, 0.15) is 29.0 Å². The Kier molecular flexibility index (Phi) is 3.44. The van der Waals surface area contributed by atoms with Gasteiger partial charge in [-0.25, -0.2) is 9.97 Å². The number of hydrogen-bond acceptors (Lipinski definition) is 5. The van der Waals surface area contributed by atoms with Gasteiger partial charge in [0.15, 0.2) is 5.82 Å². The summed E-state index contributed by atoms with van der Waals surface area (Å²) < 4.78 is 5.46. The van der Waals surface area contributed by atoms with Crippen LogP contribution in [0.5, 0.6) is 0 Å². The van der Waals surface area contributed by atoms with Crippen molar-refractivity contribution in [3.05, 3.63) is 41.0 Å². The lowest BCUT2D eigenvalue weighted by atomic mass is 9.94. The lowest BCUT2D eigenvalue weighted by Gasteiger charge is -2.13. The summed E-state index contributed by atoms with van der Waals surface area (Å²) >= 11 is 0. The van der Waals surface area contributed by atoms with Crippen molar-refractivity contribution >= 4 is 16.9 Å². The number of aromatic nitrogens is 3. The van der Waals surface area contributed by atoms with Gasteiger partial charge in [-0.05, 0) is 42.7 Å². The highest BCUT2D eigenvalue weighted by Gasteiger charge is 2.24. The number of H-pyrrole nitrogens is 1. The molecule has 0 saturated carbocycles. The number of ether oxygens (including phenoxy) is 1. The number of hydrogen-bond donors (Lipinski definition) is 2. The van der Waals surface area contributed by atoms with Crippen molar-refractivity contribution in [2.24, 2.45) is 0 Å². The molecule has 1 aliphatic rings. The van der Waals surface area contributed by atoms with Gasteiger partial charge in [0.25, 0.3) is 0 Å². The minimum absolute atomic E-state index is 0.176. The molecule has 6 nitrogen and oxygen atoms in total. The Morgan fingerprint density at radius 1 is 1.33 bits per heavy atom. The number of aryl methyl sites for hydroxylation is 1. The molecule has 4 rings (SSSR count). The Labute approximate surface area is 139 Å². The highest BCUT2D eigenvalue weighted by molar-refractivity contribution is 5.80. The normalized spacial score (nSPS) is 17.2. The Bertz CT molecular complexity index is 963. The first-order valence-electron chi connectivity index (χ1n) is 7.90. The van der Waals surface area contributed by atoms with Gasteiger partial charge in [-0.3, -0.25) is 0 Å². The fourth-order valence-electron chi connectivity index (χ4n) is 3.17. The van der Waals surface area contributed by atoms with Crippen molar-refractivity contribution in [1.82, 2.24) is 15.0 Å². The first-order chi connectivity index (χ1) is 11.7. The molecule has 0 aliphatic carbocycles. The van der Waals surface area contributed by atoms with E-state index in [1.165, 1.54) is 0 Å². The number of nitrogens with zero attached hydrogens (tertiary/aromatic N) is 3. The van der Waals surface area contributed by atoms with E-state index >= 15 is 0 Å². The van der Waals surface area contributed by atoms with Crippen LogP contribution in [0.15, 0.2) is 24.3 Å². The van der Waals surface area contributed by atoms with Gasteiger partial charge in [-0.2, -0.15) is 5.26 Å². The average molecular weight is 319 g/mol. The summed E-state index contributed by atoms with van der Waals surface area (Å²) in [7, 11) is 0. The number of anilines is 1. The molecule has 3 N–H and O–H groups in total. The molecule has 0 bridgehead atoms. The van der Waals surface area contributed by atoms with E-state index in [0.717, 1.165) is 28.6 Å². The number of nitriles is 1. The maximum Gasteiger partial charge on any atom is 0.157 e. The first-order valence-corrected chi connectivity index (χ1v) is 7.90. The third kappa shape index (κ3) is 2.39. The summed E-state index contributed by atoms with van der Waals surface area (Å²) in [6.45, 7) is 3.35. The summed E-state index contributed by atoms with van der Waals surface area (Å²) in [6, 6.07) is 10.1. The predicted molar refractivity (Wildman–Crippen MR) is 91.4 cm³/mol. The minimum Gasteiger partial charge on any atom is -0.383 e. The molecule has 120 valence electrons. The van der Waals surface area contributed by atoms with Crippen LogP contribution < -0.4 is 5.73 Å². The van der Waals surface area contributed by atoms with E-state index in [-0.39, 0.29) is 11.7 Å². The van der Waals surface area contributed by atoms with Gasteiger partial charge in [0.05, 0.1) is 23.2 Å². The largest absolute Gasteiger partial charge is 0.383 e. The highest BCUT2D eigenvalue weighted by atomic mass is 16.5. The molecule has 1 aromatic carbocycles. The summed E-state index contributed by atoms with van der Waals surface area (Å²) in [4.78, 5) is 12.3. The smallest absolute Gasteiger partial charge is 0.157 e. The van der Waals surface area contributed by atoms with Crippen molar-refractivity contribution in [2.75, 3.05) is 18.9 Å². The number of nitrogen functional groups attached to an aromatic ring is 1. The summed E-state index contributed by atoms with van der Waals surface area (Å²) in [6.07, 6.45) is 0.886. The van der Waals surface area contributed by atoms with Gasteiger partial charge >= 0.3 is 0 Å². The summed E-state index contributed by atoms with van der Waals surface area (Å²) in [5.74, 6) is 1.08. The summed E-state index contributed by atoms with van der Waals surface area (Å²) in [5.41, 5.74) is 11.0. The maximum absolute atomic E-state index is 9.43. The molecule has 0 unspecified atom stereocenters. The topological polar surface area (TPSA) is 101 Å². The van der Waals surface area contributed by atoms with Crippen LogP contribution in [-0.4, -0.2) is 28.2 Å². The number of nitrogens with two attached hydrogens (primary N) is 1. The molecule has 6 heteroatoms. The molecule has 3 aromatic rings. The van der Waals surface area contributed by atoms with Gasteiger partial charge in [-0.1, -0.05) is 6.07 Å². The average Bonchev–Trinajstić information content (AvgIpc) is 3.23. The third-order valence-electron chi connectivity index (χ3n) is 4.44. The van der Waals surface area contributed by atoms with Crippen molar-refractivity contribution < 1.29 is 4.74 Å². The van der Waals surface area contributed by atoms with Crippen LogP contribution in [0.2, 0.25) is 0 Å². The van der Waals surface area contributed by atoms with Crippen LogP contribution in [0.4, 0.5) is 5.82 Å². The minimum atomic E-state index is 0.176. The van der Waals surface area contributed by atoms with Crippen molar-refractivity contribution in [1.29, 1.82) is 5.26 Å². The Morgan fingerprint density at radius 3 is 2.96 bits per heavy atom. The molecule has 2 aromatic heterocycles. The van der Waals surface area contributed by atoms with Crippen LogP contribution in [-0.2, 0) is 4.74 Å². The van der Waals surface area contributed by atoms with Crippen molar-refractivity contribution in [2.45, 2.75) is 19.3 Å². The fraction of sp³-hybridized carbons (Fsp3) is 0.278. The Hall–Kier alpha value is -2.91. The van der Waals surface area contributed by atoms with Gasteiger partial charge in [-0.15, -0.1) is 0 Å². The predicted octanol–water partition coefficient (Wildman–Crippen LogP) is 2.89. The van der Waals surface area contributed by atoms with E-state index in [1.807, 2.05) is 31.2 Å². The first kappa shape index (κ1) is 14.7. The van der Waals surface area contributed by atoms with Crippen LogP contribution in [0.25, 0.3) is 22.6 Å². The van der Waals surface area contributed by atoms with Crippen LogP contribution in [0.3, 0.4) is 0 Å². The molecule has 0 amide bonds. The number of imidazole rings is 1. The molecule has 24 heavy (non-hydrogen) atoms.